The third-order valence-electron chi connectivity index (χ3n) is 4.05. The van der Waals surface area contributed by atoms with Crippen LogP contribution in [-0.2, 0) is 22.0 Å². The molecule has 0 radical (unpaired) electrons. The van der Waals surface area contributed by atoms with Gasteiger partial charge in [-0.15, -0.1) is 0 Å². The van der Waals surface area contributed by atoms with E-state index in [-0.39, 0.29) is 36.3 Å². The predicted molar refractivity (Wildman–Crippen MR) is 135 cm³/mol. The van der Waals surface area contributed by atoms with Gasteiger partial charge in [0, 0.05) is 45.7 Å². The number of nitrogens with zero attached hydrogens (tertiary/aromatic N) is 2. The van der Waals surface area contributed by atoms with Gasteiger partial charge in [-0.2, -0.15) is 6.42 Å². The Morgan fingerprint density at radius 2 is 1.38 bits per heavy atom. The van der Waals surface area contributed by atoms with Crippen LogP contribution in [0.15, 0.2) is 41.1 Å². The first kappa shape index (κ1) is 33.5. The van der Waals surface area contributed by atoms with Crippen LogP contribution in [0.1, 0.15) is 78.3 Å². The molecule has 0 atom stereocenters. The number of aromatic nitrogens is 2. The zero-order chi connectivity index (χ0) is 23.9. The van der Waals surface area contributed by atoms with Crippen molar-refractivity contribution >= 4 is 15.9 Å². The molecular weight excluding hydrogens is 459 g/mol. The van der Waals surface area contributed by atoms with Gasteiger partial charge >= 0.3 is 18.9 Å². The van der Waals surface area contributed by atoms with Crippen LogP contribution in [0.25, 0.3) is 0 Å². The van der Waals surface area contributed by atoms with Crippen LogP contribution < -0.4 is 18.9 Å². The molecule has 1 fully saturated rings. The number of rotatable bonds is 3. The van der Waals surface area contributed by atoms with Crippen LogP contribution in [0.4, 0.5) is 0 Å². The maximum atomic E-state index is 8.72. The summed E-state index contributed by atoms with van der Waals surface area (Å²) in [4.78, 5) is 8.66. The van der Waals surface area contributed by atoms with E-state index >= 15 is 0 Å². The molecule has 32 heavy (non-hydrogen) atoms. The number of aliphatic hydroxyl groups excluding tert-OH is 1. The van der Waals surface area contributed by atoms with Gasteiger partial charge in [0.05, 0.1) is 13.2 Å². The monoisotopic (exact) mass is 500 g/mol. The fourth-order valence-corrected chi connectivity index (χ4v) is 2.20. The molecule has 1 N–H and O–H groups in total. The first-order valence-corrected chi connectivity index (χ1v) is 11.8. The van der Waals surface area contributed by atoms with Crippen LogP contribution in [-0.4, -0.2) is 34.9 Å². The molecule has 0 amide bonds. The minimum atomic E-state index is 0. The molecule has 6 heteroatoms. The van der Waals surface area contributed by atoms with Crippen molar-refractivity contribution in [3.63, 3.8) is 0 Å². The third-order valence-corrected chi connectivity index (χ3v) is 4.52. The molecule has 0 saturated carbocycles. The number of ether oxygens (including phenoxy) is 1. The molecule has 2 aromatic rings. The maximum absolute atomic E-state index is 8.72. The van der Waals surface area contributed by atoms with Crippen molar-refractivity contribution in [3.05, 3.63) is 65.0 Å². The van der Waals surface area contributed by atoms with E-state index in [4.69, 9.17) is 5.11 Å². The Balaban J connectivity index is 0. The Morgan fingerprint density at radius 1 is 0.938 bits per heavy atom. The minimum absolute atomic E-state index is 0. The molecule has 3 heterocycles. The van der Waals surface area contributed by atoms with Gasteiger partial charge < -0.3 is 16.8 Å². The number of hydrogen-bond acceptors (Lipinski definition) is 4. The maximum Gasteiger partial charge on any atom is 1.00 e. The van der Waals surface area contributed by atoms with Gasteiger partial charge in [0.2, 0.25) is 0 Å². The Kier molecular flexibility index (Phi) is 18.5. The van der Waals surface area contributed by atoms with Crippen LogP contribution >= 0.6 is 15.9 Å². The Labute approximate surface area is 217 Å². The molecule has 0 aliphatic carbocycles. The average molecular weight is 501 g/mol. The summed E-state index contributed by atoms with van der Waals surface area (Å²) in [5.74, 6) is 0. The minimum Gasteiger partial charge on any atom is -0.396 e. The number of halogens is 1. The molecular formula is C26H42BrLiN2O2. The van der Waals surface area contributed by atoms with Gasteiger partial charge in [-0.05, 0) is 46.1 Å². The fourth-order valence-electron chi connectivity index (χ4n) is 1.96. The third kappa shape index (κ3) is 17.8. The number of unbranched alkanes of at least 4 members (excludes halogenated alkanes) is 1. The van der Waals surface area contributed by atoms with Crippen LogP contribution in [0.2, 0.25) is 0 Å². The summed E-state index contributed by atoms with van der Waals surface area (Å²) in [5.41, 5.74) is 3.57. The second-order valence-electron chi connectivity index (χ2n) is 9.35. The van der Waals surface area contributed by atoms with Crippen molar-refractivity contribution in [2.45, 2.75) is 78.6 Å². The van der Waals surface area contributed by atoms with E-state index in [2.05, 4.69) is 86.0 Å². The van der Waals surface area contributed by atoms with Crippen LogP contribution in [0, 0.1) is 6.92 Å². The molecule has 0 unspecified atom stereocenters. The molecule has 0 spiro atoms. The van der Waals surface area contributed by atoms with Gasteiger partial charge in [-0.25, -0.2) is 0 Å². The average Bonchev–Trinajstić information content (AvgIpc) is 3.58. The van der Waals surface area contributed by atoms with E-state index in [0.29, 0.717) is 6.42 Å². The van der Waals surface area contributed by atoms with Gasteiger partial charge in [-0.1, -0.05) is 61.0 Å². The summed E-state index contributed by atoms with van der Waals surface area (Å²) in [6, 6.07) is 8.13. The Hall–Kier alpha value is -0.703. The molecule has 4 nitrogen and oxygen atoms in total. The smallest absolute Gasteiger partial charge is 0.396 e. The summed E-state index contributed by atoms with van der Waals surface area (Å²) < 4.78 is 5.53. The van der Waals surface area contributed by atoms with Gasteiger partial charge in [0.15, 0.2) is 0 Å². The molecule has 1 saturated heterocycles. The summed E-state index contributed by atoms with van der Waals surface area (Å²) in [6.07, 6.45) is 6.65. The SMILES string of the molecule is C1CO1.CC(C)(C)c1ccc(Br)cn1.CC(C)(C)c1ccc(CCO)cn1.[CH2-]CCC.[Li+]. The number of aliphatic hydroxyl groups is 1. The van der Waals surface area contributed by atoms with Crippen molar-refractivity contribution in [2.24, 2.45) is 0 Å². The number of epoxide rings is 1. The van der Waals surface area contributed by atoms with Crippen LogP contribution in [0.5, 0.6) is 0 Å². The predicted octanol–water partition coefficient (Wildman–Crippen LogP) is 3.70. The zero-order valence-corrected chi connectivity index (χ0v) is 23.1. The molecule has 176 valence electrons. The largest absolute Gasteiger partial charge is 1.00 e. The molecule has 0 aromatic carbocycles. The van der Waals surface area contributed by atoms with Gasteiger partial charge in [0.1, 0.15) is 0 Å². The van der Waals surface area contributed by atoms with E-state index < -0.39 is 0 Å². The molecule has 0 bridgehead atoms. The van der Waals surface area contributed by atoms with Gasteiger partial charge in [-0.3, -0.25) is 9.97 Å². The Morgan fingerprint density at radius 3 is 1.62 bits per heavy atom. The van der Waals surface area contributed by atoms with Crippen molar-refractivity contribution in [1.29, 1.82) is 0 Å². The quantitative estimate of drug-likeness (QED) is 0.396. The molecule has 1 aliphatic heterocycles. The summed E-state index contributed by atoms with van der Waals surface area (Å²) in [6.45, 7) is 20.8. The first-order chi connectivity index (χ1) is 14.5. The number of pyridine rings is 2. The van der Waals surface area contributed by atoms with Gasteiger partial charge in [0.25, 0.3) is 0 Å². The zero-order valence-electron chi connectivity index (χ0n) is 21.5. The van der Waals surface area contributed by atoms with E-state index in [0.717, 1.165) is 41.1 Å². The first-order valence-electron chi connectivity index (χ1n) is 11.0. The van der Waals surface area contributed by atoms with Crippen molar-refractivity contribution in [2.75, 3.05) is 19.8 Å². The second kappa shape index (κ2) is 17.7. The van der Waals surface area contributed by atoms with Crippen molar-refractivity contribution < 1.29 is 28.7 Å². The standard InChI is InChI=1S/C11H17NO.C9H12BrN.C4H9.C2H4O.Li/c1-11(2,3)10-5-4-9(6-7-13)8-12-10;1-9(2,3)8-5-4-7(10)6-11-8;1-3-4-2;1-2-3-1;/h4-5,8,13H,6-7H2,1-3H3;4-6H,1-3H3;1,3-4H2,2H3;1-2H2;/q;;-1;;+1. The number of hydrogen-bond donors (Lipinski definition) is 1. The summed E-state index contributed by atoms with van der Waals surface area (Å²) in [5, 5.41) is 8.72. The summed E-state index contributed by atoms with van der Waals surface area (Å²) >= 11 is 3.35. The second-order valence-corrected chi connectivity index (χ2v) is 10.3. The molecule has 2 aromatic heterocycles. The summed E-state index contributed by atoms with van der Waals surface area (Å²) in [7, 11) is 0. The molecule has 1 aliphatic rings. The fraction of sp³-hybridized carbons (Fsp3) is 0.577. The van der Waals surface area contributed by atoms with Crippen LogP contribution in [0.3, 0.4) is 0 Å². The van der Waals surface area contributed by atoms with Crippen molar-refractivity contribution in [3.8, 4) is 0 Å². The van der Waals surface area contributed by atoms with E-state index in [9.17, 15) is 0 Å². The van der Waals surface area contributed by atoms with E-state index in [1.807, 2.05) is 36.7 Å². The Bertz CT molecular complexity index is 687. The van der Waals surface area contributed by atoms with E-state index in [1.165, 1.54) is 6.42 Å². The van der Waals surface area contributed by atoms with E-state index in [1.54, 1.807) is 0 Å². The normalized spacial score (nSPS) is 11.9. The molecule has 3 rings (SSSR count). The topological polar surface area (TPSA) is 58.5 Å². The van der Waals surface area contributed by atoms with Crippen molar-refractivity contribution in [1.82, 2.24) is 9.97 Å².